The van der Waals surface area contributed by atoms with Gasteiger partial charge in [-0.1, -0.05) is 77.8 Å². The summed E-state index contributed by atoms with van der Waals surface area (Å²) in [6, 6.07) is 7.88. The third-order valence-corrected chi connectivity index (χ3v) is 20.0. The molecule has 12 heteroatoms. The summed E-state index contributed by atoms with van der Waals surface area (Å²) in [7, 11) is 5.36. The zero-order valence-electron chi connectivity index (χ0n) is 38.7. The lowest BCUT2D eigenvalue weighted by atomic mass is 9.54. The minimum Gasteiger partial charge on any atom is -0.504 e. The van der Waals surface area contributed by atoms with Crippen molar-refractivity contribution in [2.75, 3.05) is 38.2 Å². The first-order valence-corrected chi connectivity index (χ1v) is 27.4. The molecule has 10 N–H and O–H groups in total. The van der Waals surface area contributed by atoms with E-state index in [-0.39, 0.29) is 52.8 Å². The van der Waals surface area contributed by atoms with Crippen molar-refractivity contribution >= 4 is 21.6 Å². The summed E-state index contributed by atoms with van der Waals surface area (Å²) in [5, 5.41) is 67.0. The molecule has 2 saturated carbocycles. The molecule has 9 rings (SSSR count). The molecule has 5 aliphatic carbocycles. The van der Waals surface area contributed by atoms with Gasteiger partial charge in [-0.15, -0.1) is 0 Å². The topological polar surface area (TPSA) is 176 Å². The number of aromatic hydroxyl groups is 1. The highest BCUT2D eigenvalue weighted by molar-refractivity contribution is 8.76. The quantitative estimate of drug-likeness (QED) is 0.0699. The van der Waals surface area contributed by atoms with Gasteiger partial charge in [-0.3, -0.25) is 0 Å². The van der Waals surface area contributed by atoms with E-state index in [1.807, 2.05) is 24.4 Å². The second kappa shape index (κ2) is 19.9. The monoisotopic (exact) mass is 927 g/mol. The van der Waals surface area contributed by atoms with Gasteiger partial charge in [0.1, 0.15) is 11.9 Å². The van der Waals surface area contributed by atoms with Crippen molar-refractivity contribution in [3.63, 3.8) is 0 Å². The number of aliphatic hydroxyl groups is 4. The van der Waals surface area contributed by atoms with Crippen LogP contribution in [0.15, 0.2) is 65.2 Å². The number of aliphatic hydroxyl groups excluding tert-OH is 4. The van der Waals surface area contributed by atoms with Gasteiger partial charge in [0.15, 0.2) is 11.5 Å². The van der Waals surface area contributed by atoms with Crippen molar-refractivity contribution < 1.29 is 30.3 Å². The molecule has 65 heavy (non-hydrogen) atoms. The van der Waals surface area contributed by atoms with Crippen molar-refractivity contribution in [3.8, 4) is 23.3 Å². The van der Waals surface area contributed by atoms with Gasteiger partial charge in [0, 0.05) is 71.2 Å². The van der Waals surface area contributed by atoms with Gasteiger partial charge in [-0.25, -0.2) is 0 Å². The van der Waals surface area contributed by atoms with Crippen molar-refractivity contribution in [1.29, 1.82) is 0 Å². The number of nitrogens with two attached hydrogens (primary N) is 1. The Morgan fingerprint density at radius 1 is 1.05 bits per heavy atom. The first-order valence-electron chi connectivity index (χ1n) is 24.9. The minimum atomic E-state index is -1.03. The lowest BCUT2D eigenvalue weighted by molar-refractivity contribution is -0.0544. The molecule has 1 aromatic carbocycles. The number of H-pyrrole nitrogens is 1. The van der Waals surface area contributed by atoms with Crippen LogP contribution in [-0.4, -0.2) is 93.2 Å². The molecule has 0 amide bonds. The van der Waals surface area contributed by atoms with Crippen LogP contribution in [-0.2, 0) is 12.8 Å². The molecule has 14 atom stereocenters. The molecule has 3 fully saturated rings. The van der Waals surface area contributed by atoms with E-state index in [0.29, 0.717) is 54.8 Å². The number of aromatic nitrogens is 1. The SMILES string of the molecule is CCC1Cc2cc(O)c(OC3CC(Cc4ccc[nH]4)C4=CCNC(N)=C4CSSCC(CO)C3O)cc2C2CC(O)C3C(C#CC4(CC)CCCC(CC45CCCC5CNC)C3O)C=C12. The number of nitrogens with one attached hydrogen (secondary N) is 3. The highest BCUT2D eigenvalue weighted by Gasteiger charge is 2.59. The van der Waals surface area contributed by atoms with E-state index in [1.54, 1.807) is 21.6 Å². The predicted octanol–water partition coefficient (Wildman–Crippen LogP) is 7.34. The largest absolute Gasteiger partial charge is 0.504 e. The zero-order valence-corrected chi connectivity index (χ0v) is 40.4. The lowest BCUT2D eigenvalue weighted by Gasteiger charge is -2.50. The van der Waals surface area contributed by atoms with Gasteiger partial charge in [0.05, 0.1) is 18.3 Å². The van der Waals surface area contributed by atoms with E-state index < -0.39 is 36.3 Å². The molecule has 1 spiro atoms. The van der Waals surface area contributed by atoms with Gasteiger partial charge in [-0.2, -0.15) is 0 Å². The van der Waals surface area contributed by atoms with Crippen LogP contribution in [0.25, 0.3) is 0 Å². The first kappa shape index (κ1) is 47.1. The highest BCUT2D eigenvalue weighted by atomic mass is 33.1. The number of aromatic amines is 1. The molecule has 10 nitrogen and oxygen atoms in total. The van der Waals surface area contributed by atoms with Crippen molar-refractivity contribution in [2.45, 2.75) is 128 Å². The van der Waals surface area contributed by atoms with E-state index >= 15 is 0 Å². The zero-order chi connectivity index (χ0) is 45.5. The maximum absolute atomic E-state index is 12.7. The number of ether oxygens (including phenoxy) is 1. The van der Waals surface area contributed by atoms with E-state index in [1.165, 1.54) is 18.4 Å². The molecule has 7 aliphatic rings. The number of phenolic OH excluding ortho intramolecular Hbond substituents is 1. The number of hydrogen-bond donors (Lipinski definition) is 9. The molecule has 3 heterocycles. The number of rotatable bonds is 9. The van der Waals surface area contributed by atoms with Crippen LogP contribution < -0.4 is 21.1 Å². The molecule has 2 bridgehead atoms. The maximum Gasteiger partial charge on any atom is 0.161 e. The fraction of sp³-hybridized carbons (Fsp3) is 0.660. The Hall–Kier alpha value is -3.02. The minimum absolute atomic E-state index is 0.0211. The first-order chi connectivity index (χ1) is 31.5. The van der Waals surface area contributed by atoms with Gasteiger partial charge >= 0.3 is 0 Å². The molecule has 14 unspecified atom stereocenters. The Bertz CT molecular complexity index is 2170. The van der Waals surface area contributed by atoms with Crippen LogP contribution in [0.2, 0.25) is 0 Å². The normalized spacial score (nSPS) is 38.3. The van der Waals surface area contributed by atoms with Crippen molar-refractivity contribution in [1.82, 2.24) is 15.6 Å². The fourth-order valence-electron chi connectivity index (χ4n) is 14.2. The van der Waals surface area contributed by atoms with Crippen molar-refractivity contribution in [3.05, 3.63) is 82.0 Å². The molecule has 2 aliphatic heterocycles. The summed E-state index contributed by atoms with van der Waals surface area (Å²) in [5.74, 6) is 9.54. The third-order valence-electron chi connectivity index (χ3n) is 17.6. The standard InChI is InChI=1S/C53H74N4O6S2/c1-4-31-19-34-22-44(59)46(63-47-23-35(20-38-11-8-17-56-38)39-13-18-57-51(54)43(39)30-65-64-29-36(28-58)49(47)61)25-41(34)42-24-45(60)48-32(21-40(31)42)12-16-52(5-2)14-6-9-33(50(48)62)26-53(52)15-7-10-37(53)27-55-3/h8,11,13,17,21-22,25,31-33,35-37,42,45,47-50,55-62H,4-7,9-10,14-15,18-20,23-24,26-30,54H2,1-3H3. The summed E-state index contributed by atoms with van der Waals surface area (Å²) in [4.78, 5) is 3.38. The summed E-state index contributed by atoms with van der Waals surface area (Å²) in [5.41, 5.74) is 13.1. The van der Waals surface area contributed by atoms with Gasteiger partial charge < -0.3 is 51.6 Å². The van der Waals surface area contributed by atoms with Gasteiger partial charge in [0.25, 0.3) is 0 Å². The van der Waals surface area contributed by atoms with Crippen LogP contribution in [0.5, 0.6) is 11.5 Å². The second-order valence-electron chi connectivity index (χ2n) is 20.7. The number of hydrogen-bond acceptors (Lipinski definition) is 11. The maximum atomic E-state index is 12.7. The number of fused-ring (bicyclic) bond motifs is 6. The van der Waals surface area contributed by atoms with Crippen LogP contribution in [0.4, 0.5) is 0 Å². The fourth-order valence-corrected chi connectivity index (χ4v) is 16.7. The Kier molecular flexibility index (Phi) is 14.4. The molecule has 0 radical (unpaired) electrons. The van der Waals surface area contributed by atoms with E-state index in [0.717, 1.165) is 85.9 Å². The Labute approximate surface area is 394 Å². The summed E-state index contributed by atoms with van der Waals surface area (Å²) in [6.45, 7) is 5.94. The van der Waals surface area contributed by atoms with Crippen LogP contribution in [0.1, 0.15) is 107 Å². The smallest absolute Gasteiger partial charge is 0.161 e. The average Bonchev–Trinajstić information content (AvgIpc) is 3.90. The lowest BCUT2D eigenvalue weighted by Crippen LogP contribution is -2.48. The van der Waals surface area contributed by atoms with E-state index in [2.05, 4.69) is 66.6 Å². The second-order valence-corrected chi connectivity index (χ2v) is 23.2. The predicted molar refractivity (Wildman–Crippen MR) is 262 cm³/mol. The van der Waals surface area contributed by atoms with Crippen molar-refractivity contribution in [2.24, 2.45) is 58.0 Å². The van der Waals surface area contributed by atoms with E-state index in [4.69, 9.17) is 10.5 Å². The Morgan fingerprint density at radius 3 is 2.66 bits per heavy atom. The van der Waals surface area contributed by atoms with Crippen LogP contribution >= 0.6 is 21.6 Å². The average molecular weight is 927 g/mol. The van der Waals surface area contributed by atoms with Gasteiger partial charge in [0.2, 0.25) is 0 Å². The van der Waals surface area contributed by atoms with Crippen LogP contribution in [0, 0.1) is 64.1 Å². The summed E-state index contributed by atoms with van der Waals surface area (Å²) < 4.78 is 6.94. The summed E-state index contributed by atoms with van der Waals surface area (Å²) >= 11 is 0. The van der Waals surface area contributed by atoms with Crippen LogP contribution in [0.3, 0.4) is 0 Å². The van der Waals surface area contributed by atoms with Gasteiger partial charge in [-0.05, 0) is 154 Å². The summed E-state index contributed by atoms with van der Waals surface area (Å²) in [6.07, 6.45) is 15.0. The molecular formula is C53H74N4O6S2. The number of benzene rings is 1. The molecule has 2 aromatic rings. The molecule has 354 valence electrons. The molecule has 1 aromatic heterocycles. The number of phenols is 1. The molecular weight excluding hydrogens is 853 g/mol. The number of allylic oxidation sites excluding steroid dienone is 3. The Morgan fingerprint density at radius 2 is 1.89 bits per heavy atom. The molecule has 1 saturated heterocycles. The number of dihydropyridines is 1. The van der Waals surface area contributed by atoms with E-state index in [9.17, 15) is 25.5 Å². The highest BCUT2D eigenvalue weighted by Crippen LogP contribution is 2.64. The third kappa shape index (κ3) is 8.83. The Balaban J connectivity index is 1.10.